The Morgan fingerprint density at radius 1 is 0.409 bits per heavy atom. The van der Waals surface area contributed by atoms with E-state index in [9.17, 15) is 0 Å². The summed E-state index contributed by atoms with van der Waals surface area (Å²) in [5.41, 5.74) is 12.2. The van der Waals surface area contributed by atoms with Crippen LogP contribution in [0.25, 0.3) is 21.5 Å². The number of benzene rings is 4. The fourth-order valence-corrected chi connectivity index (χ4v) is 2.38. The molecule has 0 spiro atoms. The van der Waals surface area contributed by atoms with E-state index in [0.717, 1.165) is 11.4 Å². The first-order valence-corrected chi connectivity index (χ1v) is 7.21. The zero-order valence-corrected chi connectivity index (χ0v) is 12.2. The van der Waals surface area contributed by atoms with Crippen LogP contribution in [0.3, 0.4) is 0 Å². The third-order valence-electron chi connectivity index (χ3n) is 3.55. The molecule has 0 saturated carbocycles. The number of nitrogens with two attached hydrogens (primary N) is 2. The molecule has 0 radical (unpaired) electrons. The molecule has 2 nitrogen and oxygen atoms in total. The SMILES string of the molecule is Nc1ccc(N)cc1.c1ccc2cc3ccccc3cc2c1. The average molecular weight is 286 g/mol. The molecule has 0 aliphatic rings. The molecule has 0 aliphatic carbocycles. The van der Waals surface area contributed by atoms with Crippen molar-refractivity contribution in [1.29, 1.82) is 0 Å². The van der Waals surface area contributed by atoms with Gasteiger partial charge < -0.3 is 11.5 Å². The van der Waals surface area contributed by atoms with Crippen molar-refractivity contribution in [3.05, 3.63) is 84.9 Å². The average Bonchev–Trinajstić information content (AvgIpc) is 2.56. The van der Waals surface area contributed by atoms with Gasteiger partial charge in [0.1, 0.15) is 0 Å². The molecule has 2 heteroatoms. The zero-order chi connectivity index (χ0) is 15.4. The highest BCUT2D eigenvalue weighted by atomic mass is 14.6. The lowest BCUT2D eigenvalue weighted by atomic mass is 10.0. The molecule has 0 aliphatic heterocycles. The molecule has 4 rings (SSSR count). The molecule has 0 amide bonds. The van der Waals surface area contributed by atoms with Crippen LogP contribution in [0.1, 0.15) is 0 Å². The van der Waals surface area contributed by atoms with Gasteiger partial charge in [-0.15, -0.1) is 0 Å². The van der Waals surface area contributed by atoms with Crippen molar-refractivity contribution < 1.29 is 0 Å². The van der Waals surface area contributed by atoms with Gasteiger partial charge in [-0.2, -0.15) is 0 Å². The maximum atomic E-state index is 5.37. The molecule has 4 aromatic carbocycles. The summed E-state index contributed by atoms with van der Waals surface area (Å²) < 4.78 is 0. The summed E-state index contributed by atoms with van der Waals surface area (Å²) in [6.45, 7) is 0. The third kappa shape index (κ3) is 3.18. The smallest absolute Gasteiger partial charge is 0.0315 e. The van der Waals surface area contributed by atoms with Gasteiger partial charge >= 0.3 is 0 Å². The molecule has 4 aromatic rings. The second-order valence-corrected chi connectivity index (χ2v) is 5.21. The van der Waals surface area contributed by atoms with Crippen LogP contribution < -0.4 is 11.5 Å². The summed E-state index contributed by atoms with van der Waals surface area (Å²) in [5, 5.41) is 5.25. The summed E-state index contributed by atoms with van der Waals surface area (Å²) in [6.07, 6.45) is 0. The molecule has 0 fully saturated rings. The van der Waals surface area contributed by atoms with Gasteiger partial charge in [0.15, 0.2) is 0 Å². The number of nitrogen functional groups attached to an aromatic ring is 2. The minimum absolute atomic E-state index is 0.749. The normalized spacial score (nSPS) is 10.2. The van der Waals surface area contributed by atoms with E-state index in [0.29, 0.717) is 0 Å². The van der Waals surface area contributed by atoms with E-state index in [2.05, 4.69) is 60.7 Å². The molecular formula is C20H18N2. The Morgan fingerprint density at radius 3 is 0.955 bits per heavy atom. The van der Waals surface area contributed by atoms with Crippen LogP contribution >= 0.6 is 0 Å². The molecular weight excluding hydrogens is 268 g/mol. The Labute approximate surface area is 130 Å². The number of hydrogen-bond acceptors (Lipinski definition) is 2. The topological polar surface area (TPSA) is 52.0 Å². The van der Waals surface area contributed by atoms with Crippen molar-refractivity contribution in [1.82, 2.24) is 0 Å². The summed E-state index contributed by atoms with van der Waals surface area (Å²) in [6, 6.07) is 28.5. The quantitative estimate of drug-likeness (QED) is 0.359. The van der Waals surface area contributed by atoms with Crippen LogP contribution in [0.5, 0.6) is 0 Å². The highest BCUT2D eigenvalue weighted by molar-refractivity contribution is 5.98. The predicted molar refractivity (Wildman–Crippen MR) is 96.7 cm³/mol. The standard InChI is InChI=1S/C14H10.C6H8N2/c1-2-6-12-10-14-8-4-3-7-13(14)9-11(12)5-1;7-5-1-2-6(8)4-3-5/h1-10H;1-4H,7-8H2. The summed E-state index contributed by atoms with van der Waals surface area (Å²) in [5.74, 6) is 0. The lowest BCUT2D eigenvalue weighted by Crippen LogP contribution is -1.86. The fourth-order valence-electron chi connectivity index (χ4n) is 2.38. The molecule has 0 aromatic heterocycles. The maximum Gasteiger partial charge on any atom is 0.0315 e. The second-order valence-electron chi connectivity index (χ2n) is 5.21. The summed E-state index contributed by atoms with van der Waals surface area (Å²) >= 11 is 0. The van der Waals surface area contributed by atoms with Crippen molar-refractivity contribution in [3.63, 3.8) is 0 Å². The Kier molecular flexibility index (Phi) is 3.92. The highest BCUT2D eigenvalue weighted by Gasteiger charge is 1.95. The van der Waals surface area contributed by atoms with Gasteiger partial charge in [-0.3, -0.25) is 0 Å². The number of fused-ring (bicyclic) bond motifs is 2. The van der Waals surface area contributed by atoms with E-state index in [-0.39, 0.29) is 0 Å². The molecule has 0 heterocycles. The number of rotatable bonds is 0. The lowest BCUT2D eigenvalue weighted by molar-refractivity contribution is 1.67. The summed E-state index contributed by atoms with van der Waals surface area (Å²) in [4.78, 5) is 0. The lowest BCUT2D eigenvalue weighted by Gasteiger charge is -2.00. The van der Waals surface area contributed by atoms with Gasteiger partial charge in [0.25, 0.3) is 0 Å². The number of anilines is 2. The van der Waals surface area contributed by atoms with Gasteiger partial charge in [0.2, 0.25) is 0 Å². The Hall–Kier alpha value is -3.00. The molecule has 22 heavy (non-hydrogen) atoms. The fraction of sp³-hybridized carbons (Fsp3) is 0. The van der Waals surface area contributed by atoms with E-state index in [1.54, 1.807) is 24.3 Å². The van der Waals surface area contributed by atoms with Gasteiger partial charge in [0, 0.05) is 11.4 Å². The van der Waals surface area contributed by atoms with Gasteiger partial charge in [-0.25, -0.2) is 0 Å². The molecule has 0 unspecified atom stereocenters. The molecule has 0 saturated heterocycles. The summed E-state index contributed by atoms with van der Waals surface area (Å²) in [7, 11) is 0. The Bertz CT molecular complexity index is 770. The number of hydrogen-bond donors (Lipinski definition) is 2. The van der Waals surface area contributed by atoms with Gasteiger partial charge in [-0.1, -0.05) is 48.5 Å². The zero-order valence-electron chi connectivity index (χ0n) is 12.2. The van der Waals surface area contributed by atoms with Crippen LogP contribution in [-0.4, -0.2) is 0 Å². The van der Waals surface area contributed by atoms with Crippen molar-refractivity contribution in [2.75, 3.05) is 11.5 Å². The first kappa shape index (κ1) is 14.0. The van der Waals surface area contributed by atoms with E-state index in [1.165, 1.54) is 21.5 Å². The van der Waals surface area contributed by atoms with E-state index < -0.39 is 0 Å². The first-order chi connectivity index (χ1) is 10.7. The molecule has 4 N–H and O–H groups in total. The second kappa shape index (κ2) is 6.19. The molecule has 108 valence electrons. The predicted octanol–water partition coefficient (Wildman–Crippen LogP) is 4.84. The maximum absolute atomic E-state index is 5.37. The van der Waals surface area contributed by atoms with Crippen LogP contribution in [0.15, 0.2) is 84.9 Å². The van der Waals surface area contributed by atoms with Crippen molar-refractivity contribution >= 4 is 32.9 Å². The minimum atomic E-state index is 0.749. The van der Waals surface area contributed by atoms with Crippen molar-refractivity contribution in [2.24, 2.45) is 0 Å². The Morgan fingerprint density at radius 2 is 0.682 bits per heavy atom. The van der Waals surface area contributed by atoms with Crippen LogP contribution in [0.4, 0.5) is 11.4 Å². The van der Waals surface area contributed by atoms with Crippen LogP contribution in [0, 0.1) is 0 Å². The Balaban J connectivity index is 0.000000154. The largest absolute Gasteiger partial charge is 0.399 e. The van der Waals surface area contributed by atoms with Crippen molar-refractivity contribution in [2.45, 2.75) is 0 Å². The highest BCUT2D eigenvalue weighted by Crippen LogP contribution is 2.22. The minimum Gasteiger partial charge on any atom is -0.399 e. The first-order valence-electron chi connectivity index (χ1n) is 7.21. The third-order valence-corrected chi connectivity index (χ3v) is 3.55. The van der Waals surface area contributed by atoms with Gasteiger partial charge in [0.05, 0.1) is 0 Å². The van der Waals surface area contributed by atoms with E-state index >= 15 is 0 Å². The van der Waals surface area contributed by atoms with E-state index in [4.69, 9.17) is 11.5 Å². The van der Waals surface area contributed by atoms with Gasteiger partial charge in [-0.05, 0) is 57.9 Å². The molecule has 0 atom stereocenters. The monoisotopic (exact) mass is 286 g/mol. The van der Waals surface area contributed by atoms with Crippen LogP contribution in [-0.2, 0) is 0 Å². The van der Waals surface area contributed by atoms with E-state index in [1.807, 2.05) is 0 Å². The van der Waals surface area contributed by atoms with Crippen LogP contribution in [0.2, 0.25) is 0 Å². The van der Waals surface area contributed by atoms with Crippen molar-refractivity contribution in [3.8, 4) is 0 Å². The molecule has 0 bridgehead atoms.